The van der Waals surface area contributed by atoms with Gasteiger partial charge in [-0.25, -0.2) is 0 Å². The second-order valence-corrected chi connectivity index (χ2v) is 3.24. The maximum Gasteiger partial charge on any atom is 0.00731 e. The molecule has 0 saturated carbocycles. The van der Waals surface area contributed by atoms with Crippen LogP contribution in [0.3, 0.4) is 0 Å². The first-order valence-electron chi connectivity index (χ1n) is 4.51. The molecule has 1 atom stereocenters. The maximum absolute atomic E-state index is 3.24. The lowest BCUT2D eigenvalue weighted by Crippen LogP contribution is -2.21. The van der Waals surface area contributed by atoms with Gasteiger partial charge in [-0.1, -0.05) is 36.0 Å². The summed E-state index contributed by atoms with van der Waals surface area (Å²) in [7, 11) is 2.01. The van der Waals surface area contributed by atoms with Crippen LogP contribution in [0, 0.1) is 0 Å². The lowest BCUT2D eigenvalue weighted by atomic mass is 10.0. The number of allylic oxidation sites excluding steroid dienone is 5. The van der Waals surface area contributed by atoms with Crippen LogP contribution in [0.5, 0.6) is 0 Å². The first-order valence-corrected chi connectivity index (χ1v) is 4.51. The van der Waals surface area contributed by atoms with Crippen molar-refractivity contribution < 1.29 is 0 Å². The molecule has 0 bridgehead atoms. The molecule has 1 aliphatic carbocycles. The summed E-state index contributed by atoms with van der Waals surface area (Å²) < 4.78 is 0. The van der Waals surface area contributed by atoms with Crippen molar-refractivity contribution in [2.75, 3.05) is 7.05 Å². The second-order valence-electron chi connectivity index (χ2n) is 3.24. The molecule has 66 valence electrons. The monoisotopic (exact) mass is 163 g/mol. The molecule has 0 amide bonds. The molecule has 1 unspecified atom stereocenters. The summed E-state index contributed by atoms with van der Waals surface area (Å²) in [5, 5.41) is 3.24. The minimum absolute atomic E-state index is 0.580. The van der Waals surface area contributed by atoms with Gasteiger partial charge in [0.15, 0.2) is 0 Å². The van der Waals surface area contributed by atoms with Crippen LogP contribution in [0.1, 0.15) is 19.8 Å². The zero-order valence-corrected chi connectivity index (χ0v) is 7.88. The molecule has 0 aromatic rings. The van der Waals surface area contributed by atoms with Crippen molar-refractivity contribution in [1.29, 1.82) is 0 Å². The Morgan fingerprint density at radius 2 is 2.25 bits per heavy atom. The lowest BCUT2D eigenvalue weighted by molar-refractivity contribution is 0.601. The van der Waals surface area contributed by atoms with Crippen molar-refractivity contribution in [3.05, 3.63) is 36.0 Å². The van der Waals surface area contributed by atoms with E-state index in [1.165, 1.54) is 5.57 Å². The van der Waals surface area contributed by atoms with Crippen LogP contribution in [0.25, 0.3) is 0 Å². The second kappa shape index (κ2) is 4.94. The van der Waals surface area contributed by atoms with E-state index in [-0.39, 0.29) is 0 Å². The summed E-state index contributed by atoms with van der Waals surface area (Å²) in [5.41, 5.74) is 1.50. The number of rotatable bonds is 3. The highest BCUT2D eigenvalue weighted by molar-refractivity contribution is 5.23. The van der Waals surface area contributed by atoms with Crippen molar-refractivity contribution in [3.63, 3.8) is 0 Å². The quantitative estimate of drug-likeness (QED) is 0.673. The first kappa shape index (κ1) is 9.27. The van der Waals surface area contributed by atoms with Gasteiger partial charge < -0.3 is 5.32 Å². The van der Waals surface area contributed by atoms with Crippen LogP contribution in [-0.2, 0) is 0 Å². The van der Waals surface area contributed by atoms with Gasteiger partial charge in [0.05, 0.1) is 0 Å². The third kappa shape index (κ3) is 3.05. The predicted octanol–water partition coefficient (Wildman–Crippen LogP) is 2.43. The molecule has 12 heavy (non-hydrogen) atoms. The van der Waals surface area contributed by atoms with Gasteiger partial charge in [0.2, 0.25) is 0 Å². The number of hydrogen-bond acceptors (Lipinski definition) is 1. The molecule has 1 heteroatoms. The highest BCUT2D eigenvalue weighted by Crippen LogP contribution is 2.13. The third-order valence-electron chi connectivity index (χ3n) is 2.13. The van der Waals surface area contributed by atoms with Crippen LogP contribution in [0.15, 0.2) is 36.0 Å². The van der Waals surface area contributed by atoms with E-state index >= 15 is 0 Å². The molecule has 0 fully saturated rings. The molecule has 0 aliphatic heterocycles. The topological polar surface area (TPSA) is 12.0 Å². The van der Waals surface area contributed by atoms with E-state index in [1.54, 1.807) is 0 Å². The van der Waals surface area contributed by atoms with Gasteiger partial charge in [0.1, 0.15) is 0 Å². The summed E-state index contributed by atoms with van der Waals surface area (Å²) >= 11 is 0. The summed E-state index contributed by atoms with van der Waals surface area (Å²) in [4.78, 5) is 0. The summed E-state index contributed by atoms with van der Waals surface area (Å²) in [6, 6.07) is 0.580. The van der Waals surface area contributed by atoms with Crippen molar-refractivity contribution in [1.82, 2.24) is 5.32 Å². The molecule has 0 aromatic heterocycles. The van der Waals surface area contributed by atoms with Crippen molar-refractivity contribution >= 4 is 0 Å². The third-order valence-corrected chi connectivity index (χ3v) is 2.13. The van der Waals surface area contributed by atoms with E-state index < -0.39 is 0 Å². The molecule has 0 saturated heterocycles. The van der Waals surface area contributed by atoms with Crippen LogP contribution in [0.4, 0.5) is 0 Å². The fourth-order valence-corrected chi connectivity index (χ4v) is 1.27. The Hall–Kier alpha value is -0.820. The maximum atomic E-state index is 3.24. The summed E-state index contributed by atoms with van der Waals surface area (Å²) in [6.45, 7) is 2.21. The molecule has 0 radical (unpaired) electrons. The van der Waals surface area contributed by atoms with Gasteiger partial charge in [0.25, 0.3) is 0 Å². The van der Waals surface area contributed by atoms with Gasteiger partial charge in [-0.05, 0) is 26.8 Å². The van der Waals surface area contributed by atoms with Gasteiger partial charge in [0, 0.05) is 6.04 Å². The Labute approximate surface area is 74.9 Å². The molecular weight excluding hydrogens is 146 g/mol. The minimum Gasteiger partial charge on any atom is -0.317 e. The highest BCUT2D eigenvalue weighted by atomic mass is 14.8. The van der Waals surface area contributed by atoms with E-state index in [1.807, 2.05) is 7.05 Å². The summed E-state index contributed by atoms with van der Waals surface area (Å²) in [6.07, 6.45) is 13.0. The Kier molecular flexibility index (Phi) is 3.81. The zero-order chi connectivity index (χ0) is 8.81. The van der Waals surface area contributed by atoms with E-state index in [9.17, 15) is 0 Å². The molecular formula is C11H17N. The molecule has 0 aromatic carbocycles. The van der Waals surface area contributed by atoms with Gasteiger partial charge >= 0.3 is 0 Å². The van der Waals surface area contributed by atoms with Gasteiger partial charge in [-0.2, -0.15) is 0 Å². The average Bonchev–Trinajstić information content (AvgIpc) is 2.33. The SMILES string of the molecule is CNC(C)CC1=CC=CC=CC1. The standard InChI is InChI=1S/C11H17N/c1-10(12-2)9-11-7-5-3-4-6-8-11/h3-7,10,12H,8-9H2,1-2H3. The minimum atomic E-state index is 0.580. The molecule has 0 heterocycles. The lowest BCUT2D eigenvalue weighted by Gasteiger charge is -2.11. The smallest absolute Gasteiger partial charge is 0.00731 e. The first-order chi connectivity index (χ1) is 5.83. The number of hydrogen-bond donors (Lipinski definition) is 1. The Bertz CT molecular complexity index is 211. The molecule has 0 spiro atoms. The Balaban J connectivity index is 2.46. The van der Waals surface area contributed by atoms with Crippen LogP contribution in [0.2, 0.25) is 0 Å². The van der Waals surface area contributed by atoms with E-state index in [0.29, 0.717) is 6.04 Å². The van der Waals surface area contributed by atoms with Gasteiger partial charge in [-0.3, -0.25) is 0 Å². The van der Waals surface area contributed by atoms with Crippen LogP contribution >= 0.6 is 0 Å². The molecule has 1 N–H and O–H groups in total. The number of nitrogens with one attached hydrogen (secondary N) is 1. The zero-order valence-electron chi connectivity index (χ0n) is 7.88. The highest BCUT2D eigenvalue weighted by Gasteiger charge is 2.01. The molecule has 1 aliphatic rings. The molecule has 1 nitrogen and oxygen atoms in total. The van der Waals surface area contributed by atoms with Crippen molar-refractivity contribution in [3.8, 4) is 0 Å². The van der Waals surface area contributed by atoms with Crippen molar-refractivity contribution in [2.45, 2.75) is 25.8 Å². The average molecular weight is 163 g/mol. The van der Waals surface area contributed by atoms with E-state index in [2.05, 4.69) is 42.6 Å². The normalized spacial score (nSPS) is 18.7. The fourth-order valence-electron chi connectivity index (χ4n) is 1.27. The van der Waals surface area contributed by atoms with Gasteiger partial charge in [-0.15, -0.1) is 0 Å². The largest absolute Gasteiger partial charge is 0.317 e. The predicted molar refractivity (Wildman–Crippen MR) is 54.1 cm³/mol. The van der Waals surface area contributed by atoms with E-state index in [0.717, 1.165) is 12.8 Å². The summed E-state index contributed by atoms with van der Waals surface area (Å²) in [5.74, 6) is 0. The Morgan fingerprint density at radius 1 is 1.42 bits per heavy atom. The van der Waals surface area contributed by atoms with Crippen molar-refractivity contribution in [2.24, 2.45) is 0 Å². The fraction of sp³-hybridized carbons (Fsp3) is 0.455. The molecule has 1 rings (SSSR count). The van der Waals surface area contributed by atoms with Crippen LogP contribution < -0.4 is 5.32 Å². The Morgan fingerprint density at radius 3 is 3.00 bits per heavy atom. The van der Waals surface area contributed by atoms with E-state index in [4.69, 9.17) is 0 Å². The van der Waals surface area contributed by atoms with Crippen LogP contribution in [-0.4, -0.2) is 13.1 Å².